The first kappa shape index (κ1) is 10.8. The van der Waals surface area contributed by atoms with E-state index in [9.17, 15) is 0 Å². The Morgan fingerprint density at radius 1 is 0.706 bits per heavy atom. The van der Waals surface area contributed by atoms with Gasteiger partial charge >= 0.3 is 0 Å². The Balaban J connectivity index is 1.45. The lowest BCUT2D eigenvalue weighted by Crippen LogP contribution is -2.37. The van der Waals surface area contributed by atoms with Gasteiger partial charge in [-0.2, -0.15) is 0 Å². The van der Waals surface area contributed by atoms with Crippen LogP contribution < -0.4 is 0 Å². The summed E-state index contributed by atoms with van der Waals surface area (Å²) in [6.07, 6.45) is 10.6. The van der Waals surface area contributed by atoms with Gasteiger partial charge in [0.2, 0.25) is 0 Å². The van der Waals surface area contributed by atoms with Crippen molar-refractivity contribution in [3.63, 3.8) is 0 Å². The zero-order valence-corrected chi connectivity index (χ0v) is 11.0. The molecule has 4 aliphatic rings. The highest BCUT2D eigenvalue weighted by Crippen LogP contribution is 2.54. The number of hydrogen-bond acceptors (Lipinski definition) is 2. The van der Waals surface area contributed by atoms with Crippen molar-refractivity contribution >= 4 is 0 Å². The van der Waals surface area contributed by atoms with Crippen molar-refractivity contribution in [1.29, 1.82) is 0 Å². The number of epoxide rings is 2. The van der Waals surface area contributed by atoms with Crippen molar-refractivity contribution in [3.8, 4) is 0 Å². The minimum absolute atomic E-state index is 0.494. The van der Waals surface area contributed by atoms with E-state index in [4.69, 9.17) is 9.47 Å². The van der Waals surface area contributed by atoms with Gasteiger partial charge in [-0.3, -0.25) is 0 Å². The highest BCUT2D eigenvalue weighted by atomic mass is 16.6. The van der Waals surface area contributed by atoms with Gasteiger partial charge in [0, 0.05) is 0 Å². The molecule has 0 amide bonds. The molecule has 4 rings (SSSR count). The lowest BCUT2D eigenvalue weighted by atomic mass is 9.61. The minimum Gasteiger partial charge on any atom is -0.370 e. The van der Waals surface area contributed by atoms with Crippen LogP contribution in [0.25, 0.3) is 0 Å². The van der Waals surface area contributed by atoms with Gasteiger partial charge in [-0.1, -0.05) is 13.8 Å². The normalized spacial score (nSPS) is 52.6. The molecule has 2 heterocycles. The maximum Gasteiger partial charge on any atom is 0.0844 e. The summed E-state index contributed by atoms with van der Waals surface area (Å²) in [5.74, 6) is 1.76. The number of fused-ring (bicyclic) bond motifs is 2. The van der Waals surface area contributed by atoms with Crippen LogP contribution in [-0.4, -0.2) is 24.4 Å². The molecular weight excluding hydrogens is 212 g/mol. The first-order chi connectivity index (χ1) is 8.14. The molecule has 6 atom stereocenters. The van der Waals surface area contributed by atoms with Gasteiger partial charge in [0.1, 0.15) is 0 Å². The van der Waals surface area contributed by atoms with Crippen LogP contribution in [0.1, 0.15) is 52.4 Å². The van der Waals surface area contributed by atoms with Crippen LogP contribution in [0.2, 0.25) is 0 Å². The van der Waals surface area contributed by atoms with E-state index in [1.807, 2.05) is 0 Å². The summed E-state index contributed by atoms with van der Waals surface area (Å²) < 4.78 is 11.4. The molecule has 2 nitrogen and oxygen atoms in total. The van der Waals surface area contributed by atoms with Gasteiger partial charge in [-0.25, -0.2) is 0 Å². The molecule has 2 aliphatic carbocycles. The van der Waals surface area contributed by atoms with Crippen LogP contribution in [0, 0.1) is 17.3 Å². The SMILES string of the molecule is CC(C)([C@@H]1CC[C@@H]2O[C@@H]2C1)[C@H]1CC[C@@H]2O[C@@H]2C1. The van der Waals surface area contributed by atoms with Crippen molar-refractivity contribution < 1.29 is 9.47 Å². The van der Waals surface area contributed by atoms with Crippen molar-refractivity contribution in [2.75, 3.05) is 0 Å². The lowest BCUT2D eigenvalue weighted by Gasteiger charge is -2.43. The molecule has 96 valence electrons. The van der Waals surface area contributed by atoms with Gasteiger partial charge in [0.25, 0.3) is 0 Å². The van der Waals surface area contributed by atoms with Crippen molar-refractivity contribution in [2.24, 2.45) is 17.3 Å². The summed E-state index contributed by atoms with van der Waals surface area (Å²) in [6.45, 7) is 5.02. The van der Waals surface area contributed by atoms with E-state index in [0.717, 1.165) is 11.8 Å². The zero-order valence-electron chi connectivity index (χ0n) is 11.0. The van der Waals surface area contributed by atoms with Crippen molar-refractivity contribution in [2.45, 2.75) is 76.8 Å². The largest absolute Gasteiger partial charge is 0.370 e. The van der Waals surface area contributed by atoms with Gasteiger partial charge in [-0.15, -0.1) is 0 Å². The Morgan fingerprint density at radius 3 is 1.59 bits per heavy atom. The second-order valence-electron chi connectivity index (χ2n) is 7.27. The average Bonchev–Trinajstić information content (AvgIpc) is 3.21. The Labute approximate surface area is 104 Å². The molecule has 0 aromatic carbocycles. The monoisotopic (exact) mass is 236 g/mol. The van der Waals surface area contributed by atoms with Crippen LogP contribution in [0.4, 0.5) is 0 Å². The van der Waals surface area contributed by atoms with Gasteiger partial charge in [0.15, 0.2) is 0 Å². The highest BCUT2D eigenvalue weighted by Gasteiger charge is 2.52. The van der Waals surface area contributed by atoms with Crippen molar-refractivity contribution in [1.82, 2.24) is 0 Å². The van der Waals surface area contributed by atoms with Crippen LogP contribution in [0.5, 0.6) is 0 Å². The molecule has 0 spiro atoms. The smallest absolute Gasteiger partial charge is 0.0844 e. The molecule has 17 heavy (non-hydrogen) atoms. The van der Waals surface area contributed by atoms with E-state index in [0.29, 0.717) is 29.8 Å². The minimum atomic E-state index is 0.494. The highest BCUT2D eigenvalue weighted by molar-refractivity contribution is 5.01. The van der Waals surface area contributed by atoms with Crippen LogP contribution in [-0.2, 0) is 9.47 Å². The van der Waals surface area contributed by atoms with Crippen LogP contribution in [0.3, 0.4) is 0 Å². The fraction of sp³-hybridized carbons (Fsp3) is 1.00. The third-order valence-corrected chi connectivity index (χ3v) is 6.11. The Hall–Kier alpha value is -0.0800. The fourth-order valence-corrected chi connectivity index (χ4v) is 4.49. The summed E-state index contributed by atoms with van der Waals surface area (Å²) in [6, 6.07) is 0. The third kappa shape index (κ3) is 1.76. The molecule has 0 aromatic rings. The molecule has 2 saturated heterocycles. The maximum atomic E-state index is 5.70. The Kier molecular flexibility index (Phi) is 2.21. The summed E-state index contributed by atoms with van der Waals surface area (Å²) in [5.41, 5.74) is 0.494. The van der Waals surface area contributed by atoms with E-state index in [1.54, 1.807) is 0 Å². The zero-order chi connectivity index (χ0) is 11.6. The standard InChI is InChI=1S/C15H24O2/c1-15(2,9-3-5-11-13(7-9)16-11)10-4-6-12-14(8-10)17-12/h9-14H,3-8H2,1-2H3/t9-,10+,11-,12-,13+,14+/m0/s1. The van der Waals surface area contributed by atoms with E-state index >= 15 is 0 Å². The molecule has 0 N–H and O–H groups in total. The van der Waals surface area contributed by atoms with Crippen LogP contribution >= 0.6 is 0 Å². The molecule has 2 heteroatoms. The summed E-state index contributed by atoms with van der Waals surface area (Å²) in [4.78, 5) is 0. The van der Waals surface area contributed by atoms with Gasteiger partial charge < -0.3 is 9.47 Å². The number of ether oxygens (including phenoxy) is 2. The topological polar surface area (TPSA) is 25.1 Å². The quantitative estimate of drug-likeness (QED) is 0.688. The lowest BCUT2D eigenvalue weighted by molar-refractivity contribution is 0.0678. The molecule has 2 saturated carbocycles. The van der Waals surface area contributed by atoms with Gasteiger partial charge in [0.05, 0.1) is 24.4 Å². The van der Waals surface area contributed by atoms with Gasteiger partial charge in [-0.05, 0) is 55.8 Å². The fourth-order valence-electron chi connectivity index (χ4n) is 4.49. The molecule has 4 fully saturated rings. The first-order valence-corrected chi connectivity index (χ1v) is 7.45. The molecule has 2 aliphatic heterocycles. The summed E-state index contributed by atoms with van der Waals surface area (Å²) in [7, 11) is 0. The third-order valence-electron chi connectivity index (χ3n) is 6.11. The van der Waals surface area contributed by atoms with Crippen LogP contribution in [0.15, 0.2) is 0 Å². The number of hydrogen-bond donors (Lipinski definition) is 0. The first-order valence-electron chi connectivity index (χ1n) is 7.45. The molecule has 0 radical (unpaired) electrons. The van der Waals surface area contributed by atoms with Crippen molar-refractivity contribution in [3.05, 3.63) is 0 Å². The Bertz CT molecular complexity index is 295. The molecule has 0 unspecified atom stereocenters. The second kappa shape index (κ2) is 3.48. The maximum absolute atomic E-state index is 5.70. The molecule has 0 aromatic heterocycles. The van der Waals surface area contributed by atoms with E-state index in [2.05, 4.69) is 13.8 Å². The summed E-state index contributed by atoms with van der Waals surface area (Å²) in [5, 5.41) is 0. The Morgan fingerprint density at radius 2 is 1.18 bits per heavy atom. The molecule has 0 bridgehead atoms. The molecular formula is C15H24O2. The predicted octanol–water partition coefficient (Wildman–Crippen LogP) is 3.15. The second-order valence-corrected chi connectivity index (χ2v) is 7.27. The summed E-state index contributed by atoms with van der Waals surface area (Å²) >= 11 is 0. The van der Waals surface area contributed by atoms with E-state index < -0.39 is 0 Å². The predicted molar refractivity (Wildman–Crippen MR) is 65.8 cm³/mol. The van der Waals surface area contributed by atoms with E-state index in [1.165, 1.54) is 38.5 Å². The number of rotatable bonds is 2. The van der Waals surface area contributed by atoms with E-state index in [-0.39, 0.29) is 0 Å². The average molecular weight is 236 g/mol.